The van der Waals surface area contributed by atoms with Crippen molar-refractivity contribution in [1.82, 2.24) is 20.0 Å². The van der Waals surface area contributed by atoms with Gasteiger partial charge in [0.05, 0.1) is 6.20 Å². The van der Waals surface area contributed by atoms with Gasteiger partial charge in [0.1, 0.15) is 5.69 Å². The van der Waals surface area contributed by atoms with Crippen molar-refractivity contribution in [3.63, 3.8) is 0 Å². The van der Waals surface area contributed by atoms with E-state index in [0.29, 0.717) is 16.1 Å². The van der Waals surface area contributed by atoms with Gasteiger partial charge >= 0.3 is 6.01 Å². The van der Waals surface area contributed by atoms with Crippen molar-refractivity contribution in [3.05, 3.63) is 34.3 Å². The molecule has 0 spiro atoms. The van der Waals surface area contributed by atoms with Gasteiger partial charge in [0.2, 0.25) is 0 Å². The number of furan rings is 1. The van der Waals surface area contributed by atoms with Crippen molar-refractivity contribution >= 4 is 27.9 Å². The van der Waals surface area contributed by atoms with Crippen LogP contribution in [0.15, 0.2) is 31.8 Å². The number of nitrogens with one attached hydrogen (secondary N) is 1. The predicted molar refractivity (Wildman–Crippen MR) is 75.6 cm³/mol. The maximum atomic E-state index is 12.1. The number of aryl methyl sites for hydroxylation is 2. The quantitative estimate of drug-likeness (QED) is 0.777. The topological polar surface area (TPSA) is 99.0 Å². The number of amides is 1. The molecule has 8 nitrogen and oxygen atoms in total. The van der Waals surface area contributed by atoms with Gasteiger partial charge in [-0.15, -0.1) is 5.10 Å². The van der Waals surface area contributed by atoms with E-state index in [1.54, 1.807) is 32.3 Å². The Hall–Kier alpha value is -2.42. The first-order valence-corrected chi connectivity index (χ1v) is 6.73. The summed E-state index contributed by atoms with van der Waals surface area (Å²) in [5.74, 6) is 0.215. The van der Waals surface area contributed by atoms with Gasteiger partial charge in [-0.2, -0.15) is 5.10 Å². The molecule has 0 aliphatic carbocycles. The molecule has 3 aromatic heterocycles. The van der Waals surface area contributed by atoms with Crippen LogP contribution in [0.1, 0.15) is 16.1 Å². The number of hydrogen-bond donors (Lipinski definition) is 1. The Morgan fingerprint density at radius 1 is 1.33 bits per heavy atom. The number of hydrogen-bond acceptors (Lipinski definition) is 6. The first-order chi connectivity index (χ1) is 10.0. The zero-order valence-electron chi connectivity index (χ0n) is 11.1. The summed E-state index contributed by atoms with van der Waals surface area (Å²) in [7, 11) is 1.68. The SMILES string of the molecule is Cc1cnn(C)c1C(=O)Nc1nnc(-c2ccc(Br)o2)o1. The fourth-order valence-electron chi connectivity index (χ4n) is 1.83. The maximum absolute atomic E-state index is 12.1. The average Bonchev–Trinajstić information content (AvgIpc) is 3.11. The molecule has 21 heavy (non-hydrogen) atoms. The lowest BCUT2D eigenvalue weighted by Crippen LogP contribution is -2.17. The highest BCUT2D eigenvalue weighted by molar-refractivity contribution is 9.10. The molecule has 0 bridgehead atoms. The van der Waals surface area contributed by atoms with Crippen molar-refractivity contribution in [2.75, 3.05) is 5.32 Å². The number of halogens is 1. The highest BCUT2D eigenvalue weighted by Gasteiger charge is 2.18. The molecule has 0 aromatic carbocycles. The fourth-order valence-corrected chi connectivity index (χ4v) is 2.14. The summed E-state index contributed by atoms with van der Waals surface area (Å²) in [4.78, 5) is 12.1. The van der Waals surface area contributed by atoms with Crippen molar-refractivity contribution in [1.29, 1.82) is 0 Å². The van der Waals surface area contributed by atoms with E-state index in [1.165, 1.54) is 4.68 Å². The number of carbonyl (C=O) groups excluding carboxylic acids is 1. The van der Waals surface area contributed by atoms with Gasteiger partial charge in [-0.3, -0.25) is 14.8 Å². The summed E-state index contributed by atoms with van der Waals surface area (Å²) in [5, 5.41) is 14.1. The third-order valence-electron chi connectivity index (χ3n) is 2.77. The van der Waals surface area contributed by atoms with Crippen LogP contribution in [0.2, 0.25) is 0 Å². The molecule has 0 unspecified atom stereocenters. The molecule has 0 aliphatic heterocycles. The zero-order valence-corrected chi connectivity index (χ0v) is 12.7. The Bertz CT molecular complexity index is 784. The van der Waals surface area contributed by atoms with E-state index >= 15 is 0 Å². The van der Waals surface area contributed by atoms with Crippen LogP contribution >= 0.6 is 15.9 Å². The Morgan fingerprint density at radius 3 is 2.76 bits per heavy atom. The van der Waals surface area contributed by atoms with Gasteiger partial charge in [-0.05, 0) is 40.5 Å². The van der Waals surface area contributed by atoms with Crippen LogP contribution in [-0.2, 0) is 7.05 Å². The van der Waals surface area contributed by atoms with Crippen LogP contribution in [0.3, 0.4) is 0 Å². The van der Waals surface area contributed by atoms with Crippen molar-refractivity contribution in [2.24, 2.45) is 7.05 Å². The van der Waals surface area contributed by atoms with Gasteiger partial charge in [0, 0.05) is 7.05 Å². The normalized spacial score (nSPS) is 10.8. The molecular weight excluding hydrogens is 342 g/mol. The van der Waals surface area contributed by atoms with E-state index in [0.717, 1.165) is 5.56 Å². The Balaban J connectivity index is 1.80. The van der Waals surface area contributed by atoms with Gasteiger partial charge in [0.15, 0.2) is 10.4 Å². The molecule has 3 heterocycles. The second kappa shape index (κ2) is 5.17. The summed E-state index contributed by atoms with van der Waals surface area (Å²) < 4.78 is 12.7. The number of nitrogens with zero attached hydrogens (tertiary/aromatic N) is 4. The molecule has 108 valence electrons. The van der Waals surface area contributed by atoms with Crippen molar-refractivity contribution in [3.8, 4) is 11.7 Å². The summed E-state index contributed by atoms with van der Waals surface area (Å²) in [6.07, 6.45) is 1.61. The third-order valence-corrected chi connectivity index (χ3v) is 3.19. The molecule has 0 saturated carbocycles. The maximum Gasteiger partial charge on any atom is 0.322 e. The monoisotopic (exact) mass is 351 g/mol. The fraction of sp³-hybridized carbons (Fsp3) is 0.167. The minimum atomic E-state index is -0.372. The molecule has 0 aliphatic rings. The number of aromatic nitrogens is 4. The standard InChI is InChI=1S/C12H10BrN5O3/c1-6-5-14-18(2)9(6)10(19)15-12-17-16-11(21-12)7-3-4-8(13)20-7/h3-5H,1-2H3,(H,15,17,19). The largest absolute Gasteiger partial charge is 0.444 e. The zero-order chi connectivity index (χ0) is 15.0. The lowest BCUT2D eigenvalue weighted by molar-refractivity contribution is 0.101. The Morgan fingerprint density at radius 2 is 2.14 bits per heavy atom. The first kappa shape index (κ1) is 13.6. The first-order valence-electron chi connectivity index (χ1n) is 5.94. The van der Waals surface area contributed by atoms with Gasteiger partial charge in [0.25, 0.3) is 11.8 Å². The summed E-state index contributed by atoms with van der Waals surface area (Å²) in [5.41, 5.74) is 1.18. The van der Waals surface area contributed by atoms with Gasteiger partial charge < -0.3 is 8.83 Å². The van der Waals surface area contributed by atoms with Crippen LogP contribution in [-0.4, -0.2) is 25.9 Å². The lowest BCUT2D eigenvalue weighted by Gasteiger charge is -2.01. The summed E-state index contributed by atoms with van der Waals surface area (Å²) in [6.45, 7) is 1.79. The van der Waals surface area contributed by atoms with E-state index in [1.807, 2.05) is 0 Å². The molecule has 3 aromatic rings. The molecule has 1 amide bonds. The molecule has 3 rings (SSSR count). The van der Waals surface area contributed by atoms with Crippen LogP contribution < -0.4 is 5.32 Å². The lowest BCUT2D eigenvalue weighted by atomic mass is 10.2. The second-order valence-electron chi connectivity index (χ2n) is 4.27. The van der Waals surface area contributed by atoms with Gasteiger partial charge in [-0.1, -0.05) is 5.10 Å². The Kier molecular flexibility index (Phi) is 3.34. The number of carbonyl (C=O) groups is 1. The number of anilines is 1. The van der Waals surface area contributed by atoms with Crippen LogP contribution in [0.5, 0.6) is 0 Å². The molecule has 0 radical (unpaired) electrons. The Labute approximate surface area is 127 Å². The van der Waals surface area contributed by atoms with E-state index < -0.39 is 0 Å². The van der Waals surface area contributed by atoms with E-state index in [-0.39, 0.29) is 17.8 Å². The van der Waals surface area contributed by atoms with Crippen molar-refractivity contribution in [2.45, 2.75) is 6.92 Å². The molecule has 9 heteroatoms. The highest BCUT2D eigenvalue weighted by Crippen LogP contribution is 2.25. The van der Waals surface area contributed by atoms with E-state index in [9.17, 15) is 4.79 Å². The minimum absolute atomic E-state index is 0.0110. The summed E-state index contributed by atoms with van der Waals surface area (Å²) in [6, 6.07) is 3.37. The predicted octanol–water partition coefficient (Wildman–Crippen LogP) is 2.39. The van der Waals surface area contributed by atoms with E-state index in [4.69, 9.17) is 8.83 Å². The average molecular weight is 352 g/mol. The van der Waals surface area contributed by atoms with E-state index in [2.05, 4.69) is 36.5 Å². The van der Waals surface area contributed by atoms with Crippen LogP contribution in [0.25, 0.3) is 11.7 Å². The van der Waals surface area contributed by atoms with Crippen LogP contribution in [0, 0.1) is 6.92 Å². The van der Waals surface area contributed by atoms with Crippen LogP contribution in [0.4, 0.5) is 6.01 Å². The second-order valence-corrected chi connectivity index (χ2v) is 5.05. The molecule has 0 fully saturated rings. The smallest absolute Gasteiger partial charge is 0.322 e. The molecule has 0 saturated heterocycles. The highest BCUT2D eigenvalue weighted by atomic mass is 79.9. The number of rotatable bonds is 3. The summed E-state index contributed by atoms with van der Waals surface area (Å²) >= 11 is 3.18. The van der Waals surface area contributed by atoms with Crippen molar-refractivity contribution < 1.29 is 13.6 Å². The molecule has 0 atom stereocenters. The molecule has 1 N–H and O–H groups in total. The molecular formula is C12H10BrN5O3. The van der Waals surface area contributed by atoms with Gasteiger partial charge in [-0.25, -0.2) is 0 Å². The minimum Gasteiger partial charge on any atom is -0.444 e. The third kappa shape index (κ3) is 2.59.